The highest BCUT2D eigenvalue weighted by Crippen LogP contribution is 2.21. The van der Waals surface area contributed by atoms with E-state index in [1.807, 2.05) is 0 Å². The van der Waals surface area contributed by atoms with Crippen molar-refractivity contribution in [1.29, 1.82) is 0 Å². The van der Waals surface area contributed by atoms with Crippen molar-refractivity contribution >= 4 is 17.3 Å². The van der Waals surface area contributed by atoms with E-state index in [0.717, 1.165) is 0 Å². The van der Waals surface area contributed by atoms with E-state index >= 15 is 0 Å². The van der Waals surface area contributed by atoms with Gasteiger partial charge in [0.05, 0.1) is 12.7 Å². The van der Waals surface area contributed by atoms with Gasteiger partial charge in [0.25, 0.3) is 5.91 Å². The molecule has 5 heteroatoms. The van der Waals surface area contributed by atoms with Gasteiger partial charge in [0.2, 0.25) is 0 Å². The molecule has 0 radical (unpaired) electrons. The molecule has 104 valence electrons. The summed E-state index contributed by atoms with van der Waals surface area (Å²) in [5, 5.41) is 0. The average molecular weight is 274 g/mol. The number of methoxy groups -OCH3 is 1. The third-order valence-electron chi connectivity index (χ3n) is 2.99. The lowest BCUT2D eigenvalue weighted by atomic mass is 10.1. The second kappa shape index (κ2) is 5.61. The molecule has 0 saturated heterocycles. The molecule has 0 saturated carbocycles. The average Bonchev–Trinajstić information content (AvgIpc) is 2.46. The quantitative estimate of drug-likeness (QED) is 0.875. The van der Waals surface area contributed by atoms with Crippen molar-refractivity contribution in [3.05, 3.63) is 53.8 Å². The first-order chi connectivity index (χ1) is 9.52. The van der Waals surface area contributed by atoms with Crippen molar-refractivity contribution in [2.45, 2.75) is 0 Å². The number of nitrogens with two attached hydrogens (primary N) is 1. The summed E-state index contributed by atoms with van der Waals surface area (Å²) in [6.45, 7) is 0. The minimum Gasteiger partial charge on any atom is -0.497 e. The fourth-order valence-electron chi connectivity index (χ4n) is 1.79. The summed E-state index contributed by atoms with van der Waals surface area (Å²) in [5.41, 5.74) is 6.82. The summed E-state index contributed by atoms with van der Waals surface area (Å²) in [6, 6.07) is 10.9. The zero-order valence-electron chi connectivity index (χ0n) is 11.3. The minimum atomic E-state index is -0.614. The van der Waals surface area contributed by atoms with Crippen molar-refractivity contribution < 1.29 is 13.9 Å². The van der Waals surface area contributed by atoms with Crippen LogP contribution in [0.4, 0.5) is 15.8 Å². The van der Waals surface area contributed by atoms with Crippen molar-refractivity contribution in [1.82, 2.24) is 0 Å². The van der Waals surface area contributed by atoms with Crippen LogP contribution in [0.1, 0.15) is 10.4 Å². The van der Waals surface area contributed by atoms with Gasteiger partial charge in [-0.25, -0.2) is 4.39 Å². The number of ether oxygens (including phenoxy) is 1. The van der Waals surface area contributed by atoms with Gasteiger partial charge in [0, 0.05) is 24.5 Å². The fraction of sp³-hybridized carbons (Fsp3) is 0.133. The van der Waals surface area contributed by atoms with Crippen molar-refractivity contribution in [2.75, 3.05) is 24.8 Å². The first kappa shape index (κ1) is 13.9. The van der Waals surface area contributed by atoms with E-state index in [1.165, 1.54) is 24.1 Å². The van der Waals surface area contributed by atoms with E-state index in [0.29, 0.717) is 17.1 Å². The lowest BCUT2D eigenvalue weighted by molar-refractivity contribution is 0.0989. The van der Waals surface area contributed by atoms with Crippen LogP contribution in [0.5, 0.6) is 5.75 Å². The number of halogens is 1. The lowest BCUT2D eigenvalue weighted by Crippen LogP contribution is -2.27. The molecule has 2 N–H and O–H groups in total. The first-order valence-corrected chi connectivity index (χ1v) is 6.00. The first-order valence-electron chi connectivity index (χ1n) is 6.00. The predicted molar refractivity (Wildman–Crippen MR) is 76.5 cm³/mol. The van der Waals surface area contributed by atoms with E-state index in [1.54, 1.807) is 37.4 Å². The molecule has 2 rings (SSSR count). The molecule has 1 amide bonds. The SMILES string of the molecule is COc1ccc(C(=O)N(C)c2ccc(N)cc2)c(F)c1. The lowest BCUT2D eigenvalue weighted by Gasteiger charge is -2.18. The summed E-state index contributed by atoms with van der Waals surface area (Å²) in [6.07, 6.45) is 0. The Morgan fingerprint density at radius 3 is 2.40 bits per heavy atom. The molecule has 0 bridgehead atoms. The standard InChI is InChI=1S/C15H15FN2O2/c1-18(11-5-3-10(17)4-6-11)15(19)13-8-7-12(20-2)9-14(13)16/h3-9H,17H2,1-2H3. The topological polar surface area (TPSA) is 55.6 Å². The second-order valence-electron chi connectivity index (χ2n) is 4.30. The maximum Gasteiger partial charge on any atom is 0.260 e. The molecule has 0 fully saturated rings. The van der Waals surface area contributed by atoms with Crippen LogP contribution >= 0.6 is 0 Å². The van der Waals surface area contributed by atoms with Gasteiger partial charge >= 0.3 is 0 Å². The van der Waals surface area contributed by atoms with Crippen LogP contribution in [0.2, 0.25) is 0 Å². The molecular weight excluding hydrogens is 259 g/mol. The minimum absolute atomic E-state index is 0.00914. The van der Waals surface area contributed by atoms with Crippen LogP contribution in [0.3, 0.4) is 0 Å². The van der Waals surface area contributed by atoms with Gasteiger partial charge in [-0.3, -0.25) is 4.79 Å². The smallest absolute Gasteiger partial charge is 0.260 e. The highest BCUT2D eigenvalue weighted by molar-refractivity contribution is 6.06. The zero-order valence-corrected chi connectivity index (χ0v) is 11.3. The van der Waals surface area contributed by atoms with Crippen molar-refractivity contribution in [2.24, 2.45) is 0 Å². The van der Waals surface area contributed by atoms with Gasteiger partial charge in [-0.1, -0.05) is 0 Å². The number of carbonyl (C=O) groups is 1. The third-order valence-corrected chi connectivity index (χ3v) is 2.99. The second-order valence-corrected chi connectivity index (χ2v) is 4.30. The van der Waals surface area contributed by atoms with Gasteiger partial charge in [0.1, 0.15) is 11.6 Å². The predicted octanol–water partition coefficient (Wildman–Crippen LogP) is 2.69. The van der Waals surface area contributed by atoms with E-state index in [-0.39, 0.29) is 5.56 Å². The Balaban J connectivity index is 2.28. The van der Waals surface area contributed by atoms with Crippen LogP contribution in [0, 0.1) is 5.82 Å². The zero-order chi connectivity index (χ0) is 14.7. The molecule has 2 aromatic rings. The molecule has 0 atom stereocenters. The number of benzene rings is 2. The monoisotopic (exact) mass is 274 g/mol. The number of carbonyl (C=O) groups excluding carboxylic acids is 1. The van der Waals surface area contributed by atoms with Gasteiger partial charge in [-0.2, -0.15) is 0 Å². The molecule has 4 nitrogen and oxygen atoms in total. The number of anilines is 2. The van der Waals surface area contributed by atoms with E-state index < -0.39 is 11.7 Å². The molecule has 0 unspecified atom stereocenters. The maximum atomic E-state index is 13.9. The molecule has 0 spiro atoms. The summed E-state index contributed by atoms with van der Waals surface area (Å²) in [7, 11) is 3.02. The molecule has 0 aliphatic heterocycles. The van der Waals surface area contributed by atoms with Crippen LogP contribution in [0.15, 0.2) is 42.5 Å². The number of nitrogen functional groups attached to an aromatic ring is 1. The van der Waals surface area contributed by atoms with E-state index in [2.05, 4.69) is 0 Å². The van der Waals surface area contributed by atoms with Gasteiger partial charge in [-0.05, 0) is 36.4 Å². The van der Waals surface area contributed by atoms with Crippen molar-refractivity contribution in [3.8, 4) is 5.75 Å². The van der Waals surface area contributed by atoms with Gasteiger partial charge < -0.3 is 15.4 Å². The largest absolute Gasteiger partial charge is 0.497 e. The Kier molecular flexibility index (Phi) is 3.89. The maximum absolute atomic E-state index is 13.9. The van der Waals surface area contributed by atoms with Gasteiger partial charge in [0.15, 0.2) is 0 Å². The van der Waals surface area contributed by atoms with E-state index in [4.69, 9.17) is 10.5 Å². The highest BCUT2D eigenvalue weighted by Gasteiger charge is 2.17. The van der Waals surface area contributed by atoms with Crippen LogP contribution in [-0.4, -0.2) is 20.1 Å². The van der Waals surface area contributed by atoms with Gasteiger partial charge in [-0.15, -0.1) is 0 Å². The Morgan fingerprint density at radius 1 is 1.20 bits per heavy atom. The third kappa shape index (κ3) is 2.71. The Bertz CT molecular complexity index is 626. The summed E-state index contributed by atoms with van der Waals surface area (Å²) >= 11 is 0. The molecule has 2 aromatic carbocycles. The Labute approximate surface area is 116 Å². The molecular formula is C15H15FN2O2. The normalized spacial score (nSPS) is 10.2. The molecule has 20 heavy (non-hydrogen) atoms. The number of hydrogen-bond acceptors (Lipinski definition) is 3. The molecule has 0 aliphatic carbocycles. The molecule has 0 aliphatic rings. The van der Waals surface area contributed by atoms with Crippen LogP contribution < -0.4 is 15.4 Å². The summed E-state index contributed by atoms with van der Waals surface area (Å²) in [4.78, 5) is 13.6. The number of hydrogen-bond donors (Lipinski definition) is 1. The summed E-state index contributed by atoms with van der Waals surface area (Å²) < 4.78 is 18.8. The number of amides is 1. The molecule has 0 heterocycles. The van der Waals surface area contributed by atoms with Crippen LogP contribution in [0.25, 0.3) is 0 Å². The highest BCUT2D eigenvalue weighted by atomic mass is 19.1. The Morgan fingerprint density at radius 2 is 1.85 bits per heavy atom. The van der Waals surface area contributed by atoms with Crippen LogP contribution in [-0.2, 0) is 0 Å². The number of rotatable bonds is 3. The fourth-order valence-corrected chi connectivity index (χ4v) is 1.79. The number of nitrogens with zero attached hydrogens (tertiary/aromatic N) is 1. The Hall–Kier alpha value is -2.56. The molecule has 0 aromatic heterocycles. The summed E-state index contributed by atoms with van der Waals surface area (Å²) in [5.74, 6) is -0.680. The van der Waals surface area contributed by atoms with E-state index in [9.17, 15) is 9.18 Å². The van der Waals surface area contributed by atoms with Crippen molar-refractivity contribution in [3.63, 3.8) is 0 Å².